The van der Waals surface area contributed by atoms with E-state index < -0.39 is 0 Å². The maximum atomic E-state index is 5.42. The van der Waals surface area contributed by atoms with Gasteiger partial charge in [0.1, 0.15) is 0 Å². The van der Waals surface area contributed by atoms with Gasteiger partial charge in [-0.25, -0.2) is 0 Å². The summed E-state index contributed by atoms with van der Waals surface area (Å²) in [7, 11) is 1.53. The van der Waals surface area contributed by atoms with Crippen molar-refractivity contribution in [1.82, 2.24) is 0 Å². The molecule has 1 aromatic carbocycles. The van der Waals surface area contributed by atoms with Gasteiger partial charge in [-0.3, -0.25) is 0 Å². The van der Waals surface area contributed by atoms with E-state index in [1.165, 1.54) is 21.4 Å². The zero-order valence-corrected chi connectivity index (χ0v) is 12.2. The second-order valence-corrected chi connectivity index (χ2v) is 6.39. The largest absolute Gasteiger partial charge is 0.156 e. The fourth-order valence-electron chi connectivity index (χ4n) is 2.32. The first-order valence-corrected chi connectivity index (χ1v) is 7.38. The topological polar surface area (TPSA) is 0 Å². The molecule has 0 fully saturated rings. The molecule has 0 amide bonds. The van der Waals surface area contributed by atoms with Crippen molar-refractivity contribution in [3.05, 3.63) is 34.4 Å². The summed E-state index contributed by atoms with van der Waals surface area (Å²) in [6, 6.07) is 4.27. The molecule has 0 N–H and O–H groups in total. The summed E-state index contributed by atoms with van der Waals surface area (Å²) in [5.74, 6) is 3.89. The highest BCUT2D eigenvalue weighted by atomic mass is 32.1. The van der Waals surface area contributed by atoms with Crippen molar-refractivity contribution in [3.63, 3.8) is 0 Å². The molecule has 4 heteroatoms. The fraction of sp³-hybridized carbons (Fsp3) is 0.154. The Morgan fingerprint density at radius 1 is 0.824 bits per heavy atom. The van der Waals surface area contributed by atoms with Crippen molar-refractivity contribution in [2.45, 2.75) is 12.8 Å². The van der Waals surface area contributed by atoms with Crippen LogP contribution in [0.4, 0.5) is 0 Å². The number of hydrogen-bond acceptors (Lipinski definition) is 3. The Morgan fingerprint density at radius 2 is 1.29 bits per heavy atom. The molecule has 2 aliphatic rings. The van der Waals surface area contributed by atoms with Crippen LogP contribution < -0.4 is 0 Å². The molecule has 0 atom stereocenters. The molecular formula is C13H8S4. The maximum absolute atomic E-state index is 5.42. The summed E-state index contributed by atoms with van der Waals surface area (Å²) in [5.41, 5.74) is 4.60. The van der Waals surface area contributed by atoms with Gasteiger partial charge >= 0.3 is 0 Å². The lowest BCUT2D eigenvalue weighted by atomic mass is 10.0. The minimum atomic E-state index is 0.739. The van der Waals surface area contributed by atoms with Crippen LogP contribution in [0.1, 0.15) is 35.1 Å². The smallest absolute Gasteiger partial charge is 0.0283 e. The number of fused-ring (bicyclic) bond motifs is 2. The molecule has 3 rings (SSSR count). The Balaban J connectivity index is 2.35. The molecule has 17 heavy (non-hydrogen) atoms. The van der Waals surface area contributed by atoms with Gasteiger partial charge in [0.05, 0.1) is 0 Å². The third-order valence-electron chi connectivity index (χ3n) is 3.18. The molecule has 0 nitrogen and oxygen atoms in total. The maximum Gasteiger partial charge on any atom is 0.0283 e. The summed E-state index contributed by atoms with van der Waals surface area (Å²) in [4.78, 5) is 4.15. The van der Waals surface area contributed by atoms with E-state index in [2.05, 4.69) is 18.0 Å². The SMILES string of the molecule is C=S=C1CC(=S)c2cc3c(cc21)C(=S)CC3=S. The molecule has 0 aromatic heterocycles. The zero-order chi connectivity index (χ0) is 12.2. The van der Waals surface area contributed by atoms with Crippen molar-refractivity contribution in [2.24, 2.45) is 0 Å². The Morgan fingerprint density at radius 3 is 1.88 bits per heavy atom. The van der Waals surface area contributed by atoms with E-state index >= 15 is 0 Å². The van der Waals surface area contributed by atoms with Crippen LogP contribution in [-0.4, -0.2) is 25.3 Å². The Bertz CT molecular complexity index is 660. The molecule has 0 spiro atoms. The average molecular weight is 292 g/mol. The number of hydrogen-bond donors (Lipinski definition) is 0. The summed E-state index contributed by atoms with van der Waals surface area (Å²) < 4.78 is 0. The fourth-order valence-corrected chi connectivity index (χ4v) is 4.02. The normalized spacial score (nSPS) is 17.4. The first kappa shape index (κ1) is 11.5. The van der Waals surface area contributed by atoms with E-state index in [1.807, 2.05) is 0 Å². The summed E-state index contributed by atoms with van der Waals surface area (Å²) in [6.45, 7) is 0. The molecule has 84 valence electrons. The first-order valence-electron chi connectivity index (χ1n) is 5.17. The van der Waals surface area contributed by atoms with E-state index in [1.54, 1.807) is 0 Å². The first-order chi connectivity index (χ1) is 8.11. The number of thiocarbonyl (C=S) groups is 3. The van der Waals surface area contributed by atoms with Gasteiger partial charge in [-0.1, -0.05) is 36.7 Å². The third kappa shape index (κ3) is 1.63. The lowest BCUT2D eigenvalue weighted by molar-refractivity contribution is 1.62. The average Bonchev–Trinajstić information content (AvgIpc) is 2.77. The van der Waals surface area contributed by atoms with E-state index in [0.29, 0.717) is 0 Å². The predicted molar refractivity (Wildman–Crippen MR) is 89.6 cm³/mol. The van der Waals surface area contributed by atoms with E-state index in [0.717, 1.165) is 44.1 Å². The molecule has 0 bridgehead atoms. The van der Waals surface area contributed by atoms with Crippen LogP contribution in [0.15, 0.2) is 12.1 Å². The number of rotatable bonds is 0. The zero-order valence-electron chi connectivity index (χ0n) is 8.91. The molecular weight excluding hydrogens is 284 g/mol. The van der Waals surface area contributed by atoms with Crippen LogP contribution in [0, 0.1) is 0 Å². The highest BCUT2D eigenvalue weighted by Gasteiger charge is 2.28. The van der Waals surface area contributed by atoms with Crippen molar-refractivity contribution < 1.29 is 0 Å². The van der Waals surface area contributed by atoms with E-state index in [9.17, 15) is 0 Å². The standard InChI is InChI=1S/C13H8S4/c1-17-13-5-12(16)8-2-6-7(3-9(8)13)11(15)4-10(6)14/h2-3H,1,4-5H2. The minimum absolute atomic E-state index is 0.739. The van der Waals surface area contributed by atoms with Crippen molar-refractivity contribution >= 4 is 72.9 Å². The molecule has 2 aliphatic carbocycles. The molecule has 1 aromatic rings. The van der Waals surface area contributed by atoms with Crippen LogP contribution >= 0.6 is 47.6 Å². The second kappa shape index (κ2) is 3.99. The van der Waals surface area contributed by atoms with Gasteiger partial charge in [-0.05, 0) is 40.3 Å². The third-order valence-corrected chi connectivity index (χ3v) is 4.98. The van der Waals surface area contributed by atoms with E-state index in [-0.39, 0.29) is 0 Å². The summed E-state index contributed by atoms with van der Waals surface area (Å²) in [6.07, 6.45) is 1.57. The van der Waals surface area contributed by atoms with Gasteiger partial charge in [0.15, 0.2) is 0 Å². The van der Waals surface area contributed by atoms with Crippen molar-refractivity contribution in [1.29, 1.82) is 0 Å². The highest BCUT2D eigenvalue weighted by Crippen LogP contribution is 2.32. The summed E-state index contributed by atoms with van der Waals surface area (Å²) in [5, 5.41) is 0. The van der Waals surface area contributed by atoms with Gasteiger partial charge < -0.3 is 0 Å². The van der Waals surface area contributed by atoms with Crippen molar-refractivity contribution in [3.8, 4) is 0 Å². The summed E-state index contributed by atoms with van der Waals surface area (Å²) >= 11 is 16.2. The van der Waals surface area contributed by atoms with Gasteiger partial charge in [-0.2, -0.15) is 10.9 Å². The minimum Gasteiger partial charge on any atom is -0.156 e. The Hall–Kier alpha value is -0.550. The van der Waals surface area contributed by atoms with Gasteiger partial charge in [-0.15, -0.1) is 0 Å². The van der Waals surface area contributed by atoms with Gasteiger partial charge in [0.25, 0.3) is 0 Å². The van der Waals surface area contributed by atoms with Crippen LogP contribution in [-0.2, 0) is 0 Å². The molecule has 0 heterocycles. The molecule has 0 saturated heterocycles. The molecule has 0 saturated carbocycles. The monoisotopic (exact) mass is 292 g/mol. The quantitative estimate of drug-likeness (QED) is 0.673. The Labute approximate surface area is 120 Å². The highest BCUT2D eigenvalue weighted by molar-refractivity contribution is 7.96. The van der Waals surface area contributed by atoms with Gasteiger partial charge in [0.2, 0.25) is 0 Å². The lowest BCUT2D eigenvalue weighted by Crippen LogP contribution is -1.97. The van der Waals surface area contributed by atoms with Crippen molar-refractivity contribution in [2.75, 3.05) is 0 Å². The van der Waals surface area contributed by atoms with Crippen LogP contribution in [0.3, 0.4) is 0 Å². The lowest BCUT2D eigenvalue weighted by Gasteiger charge is -2.04. The van der Waals surface area contributed by atoms with Crippen LogP contribution in [0.5, 0.6) is 0 Å². The van der Waals surface area contributed by atoms with E-state index in [4.69, 9.17) is 36.7 Å². The predicted octanol–water partition coefficient (Wildman–Crippen LogP) is 3.33. The van der Waals surface area contributed by atoms with Gasteiger partial charge in [0, 0.05) is 32.3 Å². The number of benzene rings is 1. The Kier molecular flexibility index (Phi) is 2.70. The second-order valence-electron chi connectivity index (χ2n) is 4.13. The molecule has 0 aliphatic heterocycles. The molecule has 0 unspecified atom stereocenters. The van der Waals surface area contributed by atoms with Crippen LogP contribution in [0.25, 0.3) is 0 Å². The van der Waals surface area contributed by atoms with Crippen LogP contribution in [0.2, 0.25) is 0 Å². The molecule has 0 radical (unpaired) electrons.